The highest BCUT2D eigenvalue weighted by molar-refractivity contribution is 7.13. The molecule has 0 radical (unpaired) electrons. The van der Waals surface area contributed by atoms with Crippen LogP contribution < -0.4 is 10.6 Å². The number of halogens is 1. The topological polar surface area (TPSA) is 67.2 Å². The molecule has 5 nitrogen and oxygen atoms in total. The van der Waals surface area contributed by atoms with Crippen molar-refractivity contribution >= 4 is 29.7 Å². The number of oxazole rings is 1. The highest BCUT2D eigenvalue weighted by Crippen LogP contribution is 2.23. The molecular formula is C14H18ClN3O2S. The second-order valence-corrected chi connectivity index (χ2v) is 5.83. The lowest BCUT2D eigenvalue weighted by molar-refractivity contribution is -0.125. The molecule has 0 saturated carbocycles. The SMILES string of the molecule is Cl.O=C(NCc1coc(-c2cccs2)n1)C1CCCNC1. The van der Waals surface area contributed by atoms with Crippen LogP contribution in [0.3, 0.4) is 0 Å². The van der Waals surface area contributed by atoms with Gasteiger partial charge in [-0.25, -0.2) is 4.98 Å². The number of hydrogen-bond donors (Lipinski definition) is 2. The highest BCUT2D eigenvalue weighted by atomic mass is 35.5. The number of nitrogens with one attached hydrogen (secondary N) is 2. The Kier molecular flexibility index (Phi) is 5.78. The summed E-state index contributed by atoms with van der Waals surface area (Å²) in [4.78, 5) is 17.4. The third-order valence-corrected chi connectivity index (χ3v) is 4.25. The smallest absolute Gasteiger partial charge is 0.236 e. The molecule has 0 bridgehead atoms. The molecular weight excluding hydrogens is 310 g/mol. The molecule has 2 N–H and O–H groups in total. The Hall–Kier alpha value is -1.37. The third kappa shape index (κ3) is 4.06. The number of hydrogen-bond acceptors (Lipinski definition) is 5. The predicted molar refractivity (Wildman–Crippen MR) is 84.5 cm³/mol. The summed E-state index contributed by atoms with van der Waals surface area (Å²) in [5.74, 6) is 0.786. The van der Waals surface area contributed by atoms with Crippen molar-refractivity contribution < 1.29 is 9.21 Å². The van der Waals surface area contributed by atoms with Crippen molar-refractivity contribution in [2.45, 2.75) is 19.4 Å². The minimum atomic E-state index is 0. The van der Waals surface area contributed by atoms with Crippen LogP contribution in [-0.4, -0.2) is 24.0 Å². The van der Waals surface area contributed by atoms with Crippen molar-refractivity contribution in [3.63, 3.8) is 0 Å². The van der Waals surface area contributed by atoms with Crippen LogP contribution in [0.1, 0.15) is 18.5 Å². The average Bonchev–Trinajstić information content (AvgIpc) is 3.16. The molecule has 0 aromatic carbocycles. The summed E-state index contributed by atoms with van der Waals surface area (Å²) in [5.41, 5.74) is 0.755. The van der Waals surface area contributed by atoms with Crippen molar-refractivity contribution in [2.75, 3.05) is 13.1 Å². The number of nitrogens with zero attached hydrogens (tertiary/aromatic N) is 1. The van der Waals surface area contributed by atoms with Gasteiger partial charge in [-0.3, -0.25) is 4.79 Å². The summed E-state index contributed by atoms with van der Waals surface area (Å²) in [5, 5.41) is 8.16. The Bertz CT molecular complexity index is 565. The van der Waals surface area contributed by atoms with Gasteiger partial charge in [0.25, 0.3) is 0 Å². The molecule has 1 unspecified atom stereocenters. The number of piperidine rings is 1. The van der Waals surface area contributed by atoms with Gasteiger partial charge in [-0.05, 0) is 30.8 Å². The molecule has 7 heteroatoms. The zero-order chi connectivity index (χ0) is 13.8. The lowest BCUT2D eigenvalue weighted by atomic mass is 9.99. The molecule has 1 amide bonds. The first-order chi connectivity index (χ1) is 9.83. The first-order valence-electron chi connectivity index (χ1n) is 6.79. The minimum Gasteiger partial charge on any atom is -0.443 e. The third-order valence-electron chi connectivity index (χ3n) is 3.40. The molecule has 0 aliphatic carbocycles. The van der Waals surface area contributed by atoms with Gasteiger partial charge in [0.2, 0.25) is 11.8 Å². The Morgan fingerprint density at radius 1 is 1.57 bits per heavy atom. The molecule has 2 aromatic rings. The van der Waals surface area contributed by atoms with Gasteiger partial charge in [0, 0.05) is 6.54 Å². The zero-order valence-electron chi connectivity index (χ0n) is 11.5. The van der Waals surface area contributed by atoms with Gasteiger partial charge in [-0.15, -0.1) is 23.7 Å². The van der Waals surface area contributed by atoms with E-state index in [0.29, 0.717) is 12.4 Å². The summed E-state index contributed by atoms with van der Waals surface area (Å²) in [6, 6.07) is 3.92. The lowest BCUT2D eigenvalue weighted by Crippen LogP contribution is -2.40. The maximum Gasteiger partial charge on any atom is 0.236 e. The standard InChI is InChI=1S/C14H17N3O2S.ClH/c18-13(10-3-1-5-15-7-10)16-8-11-9-19-14(17-11)12-4-2-6-20-12;/h2,4,6,9-10,15H,1,3,5,7-8H2,(H,16,18);1H. The molecule has 3 heterocycles. The van der Waals surface area contributed by atoms with Gasteiger partial charge >= 0.3 is 0 Å². The highest BCUT2D eigenvalue weighted by Gasteiger charge is 2.20. The quantitative estimate of drug-likeness (QED) is 0.905. The molecule has 1 fully saturated rings. The number of aromatic nitrogens is 1. The van der Waals surface area contributed by atoms with E-state index >= 15 is 0 Å². The average molecular weight is 328 g/mol. The first kappa shape index (κ1) is 16.0. The van der Waals surface area contributed by atoms with Crippen LogP contribution in [0.4, 0.5) is 0 Å². The Morgan fingerprint density at radius 3 is 3.19 bits per heavy atom. The van der Waals surface area contributed by atoms with Gasteiger partial charge < -0.3 is 15.1 Å². The van der Waals surface area contributed by atoms with Crippen LogP contribution in [0.2, 0.25) is 0 Å². The van der Waals surface area contributed by atoms with Crippen LogP contribution >= 0.6 is 23.7 Å². The van der Waals surface area contributed by atoms with E-state index in [-0.39, 0.29) is 24.2 Å². The summed E-state index contributed by atoms with van der Waals surface area (Å²) in [6.07, 6.45) is 3.62. The second kappa shape index (κ2) is 7.59. The fourth-order valence-electron chi connectivity index (χ4n) is 2.30. The van der Waals surface area contributed by atoms with Crippen LogP contribution in [0, 0.1) is 5.92 Å². The van der Waals surface area contributed by atoms with Gasteiger partial charge in [0.1, 0.15) is 6.26 Å². The van der Waals surface area contributed by atoms with Gasteiger partial charge in [-0.1, -0.05) is 6.07 Å². The maximum atomic E-state index is 12.0. The van der Waals surface area contributed by atoms with Crippen molar-refractivity contribution in [3.8, 4) is 10.8 Å². The number of carbonyl (C=O) groups is 1. The summed E-state index contributed by atoms with van der Waals surface area (Å²) in [6.45, 7) is 2.20. The van der Waals surface area contributed by atoms with Crippen LogP contribution in [-0.2, 0) is 11.3 Å². The fourth-order valence-corrected chi connectivity index (χ4v) is 2.95. The van der Waals surface area contributed by atoms with E-state index in [1.165, 1.54) is 0 Å². The monoisotopic (exact) mass is 327 g/mol. The Morgan fingerprint density at radius 2 is 2.48 bits per heavy atom. The van der Waals surface area contributed by atoms with E-state index in [0.717, 1.165) is 36.5 Å². The Labute approximate surface area is 133 Å². The van der Waals surface area contributed by atoms with E-state index in [2.05, 4.69) is 15.6 Å². The molecule has 21 heavy (non-hydrogen) atoms. The largest absolute Gasteiger partial charge is 0.443 e. The van der Waals surface area contributed by atoms with E-state index < -0.39 is 0 Å². The number of carbonyl (C=O) groups excluding carboxylic acids is 1. The maximum absolute atomic E-state index is 12.0. The van der Waals surface area contributed by atoms with Crippen LogP contribution in [0.15, 0.2) is 28.2 Å². The number of rotatable bonds is 4. The fraction of sp³-hybridized carbons (Fsp3) is 0.429. The van der Waals surface area contributed by atoms with Crippen LogP contribution in [0.25, 0.3) is 10.8 Å². The van der Waals surface area contributed by atoms with E-state index in [1.54, 1.807) is 17.6 Å². The Balaban J connectivity index is 0.00000161. The van der Waals surface area contributed by atoms with Crippen LogP contribution in [0.5, 0.6) is 0 Å². The molecule has 1 aliphatic rings. The molecule has 114 valence electrons. The van der Waals surface area contributed by atoms with Crippen molar-refractivity contribution in [1.29, 1.82) is 0 Å². The minimum absolute atomic E-state index is 0. The summed E-state index contributed by atoms with van der Waals surface area (Å²) >= 11 is 1.58. The molecule has 2 aromatic heterocycles. The van der Waals surface area contributed by atoms with E-state index in [1.807, 2.05) is 17.5 Å². The predicted octanol–water partition coefficient (Wildman–Crippen LogP) is 2.44. The van der Waals surface area contributed by atoms with Crippen molar-refractivity contribution in [1.82, 2.24) is 15.6 Å². The van der Waals surface area contributed by atoms with Crippen molar-refractivity contribution in [2.24, 2.45) is 5.92 Å². The number of thiophene rings is 1. The summed E-state index contributed by atoms with van der Waals surface area (Å²) < 4.78 is 5.42. The number of amides is 1. The molecule has 1 atom stereocenters. The van der Waals surface area contributed by atoms with Gasteiger partial charge in [0.15, 0.2) is 0 Å². The lowest BCUT2D eigenvalue weighted by Gasteiger charge is -2.21. The molecule has 1 aliphatic heterocycles. The molecule has 0 spiro atoms. The summed E-state index contributed by atoms with van der Waals surface area (Å²) in [7, 11) is 0. The van der Waals surface area contributed by atoms with E-state index in [9.17, 15) is 4.79 Å². The van der Waals surface area contributed by atoms with Crippen molar-refractivity contribution in [3.05, 3.63) is 29.5 Å². The zero-order valence-corrected chi connectivity index (χ0v) is 13.1. The van der Waals surface area contributed by atoms with E-state index in [4.69, 9.17) is 4.42 Å². The first-order valence-corrected chi connectivity index (χ1v) is 7.67. The molecule has 3 rings (SSSR count). The van der Waals surface area contributed by atoms with Gasteiger partial charge in [0.05, 0.1) is 23.0 Å². The normalized spacial score (nSPS) is 18.0. The van der Waals surface area contributed by atoms with Gasteiger partial charge in [-0.2, -0.15) is 0 Å². The molecule has 1 saturated heterocycles. The second-order valence-electron chi connectivity index (χ2n) is 4.88.